The molecule has 2 heterocycles. The molecule has 0 aliphatic carbocycles. The minimum Gasteiger partial charge on any atom is -0.477 e. The van der Waals surface area contributed by atoms with Crippen molar-refractivity contribution in [2.45, 2.75) is 17.7 Å². The Labute approximate surface area is 156 Å². The summed E-state index contributed by atoms with van der Waals surface area (Å²) >= 11 is 0. The monoisotopic (exact) mass is 399 g/mol. The van der Waals surface area contributed by atoms with Crippen LogP contribution in [0.15, 0.2) is 23.1 Å². The van der Waals surface area contributed by atoms with Crippen molar-refractivity contribution in [3.63, 3.8) is 0 Å². The summed E-state index contributed by atoms with van der Waals surface area (Å²) in [6.45, 7) is 2.21. The molecule has 0 atom stereocenters. The van der Waals surface area contributed by atoms with Gasteiger partial charge in [-0.25, -0.2) is 8.42 Å². The van der Waals surface area contributed by atoms with Gasteiger partial charge in [0.05, 0.1) is 23.0 Å². The van der Waals surface area contributed by atoms with Crippen molar-refractivity contribution in [3.8, 4) is 5.75 Å². The number of benzene rings is 1. The van der Waals surface area contributed by atoms with Crippen LogP contribution in [0.5, 0.6) is 5.75 Å². The van der Waals surface area contributed by atoms with E-state index in [-0.39, 0.29) is 23.2 Å². The molecule has 0 bridgehead atoms. The first kappa shape index (κ1) is 19.5. The van der Waals surface area contributed by atoms with Gasteiger partial charge in [0.15, 0.2) is 12.4 Å². The molecule has 0 radical (unpaired) electrons. The first-order valence-electron chi connectivity index (χ1n) is 8.66. The molecular weight excluding hydrogens is 378 g/mol. The number of hydrogen-bond acceptors (Lipinski definition) is 7. The van der Waals surface area contributed by atoms with E-state index < -0.39 is 20.6 Å². The molecule has 2 aliphatic heterocycles. The van der Waals surface area contributed by atoms with Gasteiger partial charge in [-0.1, -0.05) is 0 Å². The van der Waals surface area contributed by atoms with Gasteiger partial charge in [0.1, 0.15) is 0 Å². The van der Waals surface area contributed by atoms with Gasteiger partial charge in [-0.3, -0.25) is 14.9 Å². The summed E-state index contributed by atoms with van der Waals surface area (Å²) in [5, 5.41) is 11.4. The summed E-state index contributed by atoms with van der Waals surface area (Å²) in [5.41, 5.74) is -0.481. The number of rotatable bonds is 6. The van der Waals surface area contributed by atoms with Crippen molar-refractivity contribution in [3.05, 3.63) is 28.3 Å². The van der Waals surface area contributed by atoms with E-state index in [9.17, 15) is 23.3 Å². The van der Waals surface area contributed by atoms with Crippen LogP contribution >= 0.6 is 0 Å². The normalized spacial score (nSPS) is 18.4. The van der Waals surface area contributed by atoms with Crippen molar-refractivity contribution in [1.29, 1.82) is 0 Å². The lowest BCUT2D eigenvalue weighted by molar-refractivity contribution is -0.386. The zero-order valence-corrected chi connectivity index (χ0v) is 15.5. The topological polar surface area (TPSA) is 119 Å². The third-order valence-corrected chi connectivity index (χ3v) is 6.44. The summed E-state index contributed by atoms with van der Waals surface area (Å²) in [4.78, 5) is 24.2. The molecule has 1 amide bonds. The highest BCUT2D eigenvalue weighted by molar-refractivity contribution is 7.89. The van der Waals surface area contributed by atoms with E-state index in [1.165, 1.54) is 16.4 Å². The number of nitro benzene ring substituents is 1. The fraction of sp³-hybridized carbons (Fsp3) is 0.562. The first-order chi connectivity index (χ1) is 12.9. The Kier molecular flexibility index (Phi) is 5.92. The molecule has 0 aromatic heterocycles. The molecule has 0 N–H and O–H groups in total. The van der Waals surface area contributed by atoms with E-state index in [0.29, 0.717) is 39.4 Å². The highest BCUT2D eigenvalue weighted by atomic mass is 32.2. The van der Waals surface area contributed by atoms with Gasteiger partial charge in [0.2, 0.25) is 10.0 Å². The van der Waals surface area contributed by atoms with Crippen molar-refractivity contribution < 1.29 is 27.6 Å². The minimum absolute atomic E-state index is 0.137. The molecule has 27 heavy (non-hydrogen) atoms. The second kappa shape index (κ2) is 8.19. The lowest BCUT2D eigenvalue weighted by atomic mass is 10.3. The van der Waals surface area contributed by atoms with E-state index in [2.05, 4.69) is 0 Å². The second-order valence-corrected chi connectivity index (χ2v) is 8.22. The fourth-order valence-corrected chi connectivity index (χ4v) is 4.58. The molecule has 148 valence electrons. The Morgan fingerprint density at radius 3 is 2.48 bits per heavy atom. The highest BCUT2D eigenvalue weighted by Crippen LogP contribution is 2.31. The number of carbonyl (C=O) groups excluding carboxylic acids is 1. The molecule has 10 nitrogen and oxygen atoms in total. The number of hydrogen-bond donors (Lipinski definition) is 0. The van der Waals surface area contributed by atoms with Crippen LogP contribution in [-0.2, 0) is 19.6 Å². The standard InChI is InChI=1S/C16H21N3O7S/c20-16(17-7-9-25-10-8-17)12-26-15-4-3-13(11-14(15)19(21)22)27(23,24)18-5-1-2-6-18/h3-4,11H,1-2,5-10,12H2. The SMILES string of the molecule is O=C(COc1ccc(S(=O)(=O)N2CCCC2)cc1[N+](=O)[O-])N1CCOCC1. The molecule has 0 unspecified atom stereocenters. The van der Waals surface area contributed by atoms with E-state index in [1.54, 1.807) is 4.90 Å². The Morgan fingerprint density at radius 2 is 1.85 bits per heavy atom. The molecule has 3 rings (SSSR count). The molecule has 1 aromatic carbocycles. The van der Waals surface area contributed by atoms with E-state index in [1.807, 2.05) is 0 Å². The highest BCUT2D eigenvalue weighted by Gasteiger charge is 2.30. The van der Waals surface area contributed by atoms with Gasteiger partial charge in [-0.05, 0) is 25.0 Å². The zero-order valence-electron chi connectivity index (χ0n) is 14.7. The minimum atomic E-state index is -3.78. The Bertz CT molecular complexity index is 815. The van der Waals surface area contributed by atoms with Crippen molar-refractivity contribution >= 4 is 21.6 Å². The second-order valence-electron chi connectivity index (χ2n) is 6.28. The number of nitro groups is 1. The van der Waals surface area contributed by atoms with Crippen LogP contribution in [0, 0.1) is 10.1 Å². The average molecular weight is 399 g/mol. The summed E-state index contributed by atoms with van der Waals surface area (Å²) in [6, 6.07) is 3.49. The average Bonchev–Trinajstić information content (AvgIpc) is 3.22. The van der Waals surface area contributed by atoms with Gasteiger partial charge >= 0.3 is 5.69 Å². The fourth-order valence-electron chi connectivity index (χ4n) is 3.04. The summed E-state index contributed by atoms with van der Waals surface area (Å²) in [6.07, 6.45) is 1.54. The quantitative estimate of drug-likeness (QED) is 0.508. The summed E-state index contributed by atoms with van der Waals surface area (Å²) < 4.78 is 37.0. The molecule has 0 saturated carbocycles. The summed E-state index contributed by atoms with van der Waals surface area (Å²) in [5.74, 6) is -0.441. The van der Waals surface area contributed by atoms with Crippen LogP contribution in [0.1, 0.15) is 12.8 Å². The van der Waals surface area contributed by atoms with Crippen LogP contribution in [-0.4, -0.2) is 74.5 Å². The summed E-state index contributed by atoms with van der Waals surface area (Å²) in [7, 11) is -3.78. The van der Waals surface area contributed by atoms with E-state index in [4.69, 9.17) is 9.47 Å². The maximum atomic E-state index is 12.6. The number of nitrogens with zero attached hydrogens (tertiary/aromatic N) is 3. The first-order valence-corrected chi connectivity index (χ1v) is 10.1. The molecule has 11 heteroatoms. The Balaban J connectivity index is 1.75. The lowest BCUT2D eigenvalue weighted by Crippen LogP contribution is -2.43. The Hall–Kier alpha value is -2.24. The van der Waals surface area contributed by atoms with E-state index in [0.717, 1.165) is 18.9 Å². The largest absolute Gasteiger partial charge is 0.477 e. The maximum Gasteiger partial charge on any atom is 0.312 e. The molecule has 1 aromatic rings. The third kappa shape index (κ3) is 4.37. The van der Waals surface area contributed by atoms with Gasteiger partial charge < -0.3 is 14.4 Å². The number of amides is 1. The molecule has 0 spiro atoms. The molecule has 2 aliphatic rings. The molecular formula is C16H21N3O7S. The van der Waals surface area contributed by atoms with Crippen LogP contribution in [0.25, 0.3) is 0 Å². The smallest absolute Gasteiger partial charge is 0.312 e. The van der Waals surface area contributed by atoms with E-state index >= 15 is 0 Å². The van der Waals surface area contributed by atoms with Crippen molar-refractivity contribution in [2.24, 2.45) is 0 Å². The van der Waals surface area contributed by atoms with Crippen molar-refractivity contribution in [1.82, 2.24) is 9.21 Å². The number of morpholine rings is 1. The number of sulfonamides is 1. The van der Waals surface area contributed by atoms with Crippen LogP contribution < -0.4 is 4.74 Å². The maximum absolute atomic E-state index is 12.6. The van der Waals surface area contributed by atoms with Crippen LogP contribution in [0.4, 0.5) is 5.69 Å². The predicted molar refractivity (Wildman–Crippen MR) is 94.0 cm³/mol. The molecule has 2 fully saturated rings. The van der Waals surface area contributed by atoms with Crippen molar-refractivity contribution in [2.75, 3.05) is 46.0 Å². The van der Waals surface area contributed by atoms with Gasteiger partial charge in [-0.15, -0.1) is 0 Å². The molecule has 2 saturated heterocycles. The van der Waals surface area contributed by atoms with Crippen LogP contribution in [0.2, 0.25) is 0 Å². The van der Waals surface area contributed by atoms with Gasteiger partial charge in [0, 0.05) is 32.2 Å². The predicted octanol–water partition coefficient (Wildman–Crippen LogP) is 0.617. The Morgan fingerprint density at radius 1 is 1.19 bits per heavy atom. The van der Waals surface area contributed by atoms with Gasteiger partial charge in [-0.2, -0.15) is 4.31 Å². The van der Waals surface area contributed by atoms with Gasteiger partial charge in [0.25, 0.3) is 5.91 Å². The number of carbonyl (C=O) groups is 1. The van der Waals surface area contributed by atoms with Crippen LogP contribution in [0.3, 0.4) is 0 Å². The number of ether oxygens (including phenoxy) is 2. The zero-order chi connectivity index (χ0) is 19.4. The third-order valence-electron chi connectivity index (χ3n) is 4.54. The lowest BCUT2D eigenvalue weighted by Gasteiger charge is -2.26.